The van der Waals surface area contributed by atoms with Gasteiger partial charge in [0, 0.05) is 32.2 Å². The van der Waals surface area contributed by atoms with E-state index in [0.29, 0.717) is 13.1 Å². The smallest absolute Gasteiger partial charge is 0.249 e. The molecule has 1 saturated carbocycles. The van der Waals surface area contributed by atoms with E-state index in [1.54, 1.807) is 0 Å². The zero-order valence-electron chi connectivity index (χ0n) is 15.2. The Morgan fingerprint density at radius 1 is 1.04 bits per heavy atom. The van der Waals surface area contributed by atoms with Crippen LogP contribution in [0.3, 0.4) is 0 Å². The fraction of sp³-hybridized carbons (Fsp3) is 0.611. The Hall–Kier alpha value is -1.58. The maximum absolute atomic E-state index is 13.9. The molecule has 150 valence electrons. The van der Waals surface area contributed by atoms with Crippen LogP contribution in [0.4, 0.5) is 8.78 Å². The van der Waals surface area contributed by atoms with E-state index in [-0.39, 0.29) is 31.6 Å². The molecule has 0 aromatic heterocycles. The van der Waals surface area contributed by atoms with Crippen molar-refractivity contribution in [2.45, 2.75) is 43.0 Å². The van der Waals surface area contributed by atoms with E-state index in [0.717, 1.165) is 48.2 Å². The van der Waals surface area contributed by atoms with E-state index in [4.69, 9.17) is 0 Å². The summed E-state index contributed by atoms with van der Waals surface area (Å²) in [6, 6.07) is 3.23. The summed E-state index contributed by atoms with van der Waals surface area (Å²) in [6.07, 6.45) is 5.49. The number of piperazine rings is 1. The van der Waals surface area contributed by atoms with Crippen LogP contribution in [0.25, 0.3) is 0 Å². The lowest BCUT2D eigenvalue weighted by molar-refractivity contribution is -0.123. The number of hydrogen-bond acceptors (Lipinski definition) is 4. The molecule has 1 N–H and O–H groups in total. The molecule has 6 nitrogen and oxygen atoms in total. The summed E-state index contributed by atoms with van der Waals surface area (Å²) in [5.41, 5.74) is 0. The number of carbonyl (C=O) groups excluding carboxylic acids is 1. The Morgan fingerprint density at radius 3 is 2.22 bits per heavy atom. The molecule has 1 aromatic rings. The van der Waals surface area contributed by atoms with Gasteiger partial charge in [-0.15, -0.1) is 0 Å². The first-order valence-electron chi connectivity index (χ1n) is 9.34. The lowest BCUT2D eigenvalue weighted by atomic mass is 9.95. The van der Waals surface area contributed by atoms with Crippen molar-refractivity contribution in [3.05, 3.63) is 29.8 Å². The number of halogens is 2. The lowest BCUT2D eigenvalue weighted by Crippen LogP contribution is -2.52. The van der Waals surface area contributed by atoms with Crippen LogP contribution < -0.4 is 5.32 Å². The highest BCUT2D eigenvalue weighted by molar-refractivity contribution is 7.89. The van der Waals surface area contributed by atoms with Gasteiger partial charge in [0.05, 0.1) is 6.54 Å². The van der Waals surface area contributed by atoms with Gasteiger partial charge in [0.25, 0.3) is 0 Å². The summed E-state index contributed by atoms with van der Waals surface area (Å²) < 4.78 is 53.9. The normalized spacial score (nSPS) is 20.5. The lowest BCUT2D eigenvalue weighted by Gasteiger charge is -2.34. The van der Waals surface area contributed by atoms with Gasteiger partial charge in [0.15, 0.2) is 4.90 Å². The van der Waals surface area contributed by atoms with Crippen LogP contribution >= 0.6 is 0 Å². The van der Waals surface area contributed by atoms with Gasteiger partial charge in [-0.2, -0.15) is 4.31 Å². The standard InChI is InChI=1S/C18H25F2N3O3S/c19-15-7-4-8-16(20)18(15)27(25,26)23-11-9-22(10-12-23)13-17(24)21-14-5-2-1-3-6-14/h4,7-8,14H,1-3,5-6,9-13H2,(H,21,24). The fourth-order valence-electron chi connectivity index (χ4n) is 3.71. The van der Waals surface area contributed by atoms with E-state index in [1.807, 2.05) is 4.90 Å². The van der Waals surface area contributed by atoms with Crippen LogP contribution in [0.2, 0.25) is 0 Å². The molecule has 1 aliphatic carbocycles. The zero-order valence-corrected chi connectivity index (χ0v) is 16.0. The molecule has 0 bridgehead atoms. The Morgan fingerprint density at radius 2 is 1.63 bits per heavy atom. The molecular formula is C18H25F2N3O3S. The predicted octanol–water partition coefficient (Wildman–Crippen LogP) is 1.72. The SMILES string of the molecule is O=C(CN1CCN(S(=O)(=O)c2c(F)cccc2F)CC1)NC1CCCCC1. The molecule has 3 rings (SSSR count). The number of rotatable bonds is 5. The van der Waals surface area contributed by atoms with Gasteiger partial charge in [0.1, 0.15) is 11.6 Å². The minimum absolute atomic E-state index is 0.0571. The highest BCUT2D eigenvalue weighted by Gasteiger charge is 2.33. The van der Waals surface area contributed by atoms with Gasteiger partial charge < -0.3 is 5.32 Å². The van der Waals surface area contributed by atoms with E-state index >= 15 is 0 Å². The number of sulfonamides is 1. The molecule has 0 spiro atoms. The summed E-state index contributed by atoms with van der Waals surface area (Å²) in [5, 5.41) is 3.04. The van der Waals surface area contributed by atoms with Crippen LogP contribution in [0.5, 0.6) is 0 Å². The average Bonchev–Trinajstić information content (AvgIpc) is 2.62. The molecule has 27 heavy (non-hydrogen) atoms. The van der Waals surface area contributed by atoms with Crippen molar-refractivity contribution < 1.29 is 22.0 Å². The van der Waals surface area contributed by atoms with Gasteiger partial charge in [-0.3, -0.25) is 9.69 Å². The van der Waals surface area contributed by atoms with Crippen LogP contribution in [-0.2, 0) is 14.8 Å². The second-order valence-corrected chi connectivity index (χ2v) is 9.01. The van der Waals surface area contributed by atoms with Crippen molar-refractivity contribution in [2.24, 2.45) is 0 Å². The Bertz CT molecular complexity index is 754. The van der Waals surface area contributed by atoms with E-state index in [2.05, 4.69) is 5.32 Å². The number of amides is 1. The molecule has 1 heterocycles. The third-order valence-corrected chi connectivity index (χ3v) is 7.14. The fourth-order valence-corrected chi connectivity index (χ4v) is 5.24. The minimum Gasteiger partial charge on any atom is -0.352 e. The summed E-state index contributed by atoms with van der Waals surface area (Å²) in [5.74, 6) is -2.24. The molecule has 1 saturated heterocycles. The predicted molar refractivity (Wildman–Crippen MR) is 96.6 cm³/mol. The van der Waals surface area contributed by atoms with Gasteiger partial charge in [-0.25, -0.2) is 17.2 Å². The van der Waals surface area contributed by atoms with Crippen molar-refractivity contribution in [1.82, 2.24) is 14.5 Å². The van der Waals surface area contributed by atoms with Crippen molar-refractivity contribution in [3.8, 4) is 0 Å². The van der Waals surface area contributed by atoms with Crippen molar-refractivity contribution >= 4 is 15.9 Å². The monoisotopic (exact) mass is 401 g/mol. The van der Waals surface area contributed by atoms with E-state index in [9.17, 15) is 22.0 Å². The zero-order chi connectivity index (χ0) is 19.4. The van der Waals surface area contributed by atoms with Gasteiger partial charge in [-0.05, 0) is 25.0 Å². The van der Waals surface area contributed by atoms with Crippen LogP contribution in [0, 0.1) is 11.6 Å². The van der Waals surface area contributed by atoms with Crippen molar-refractivity contribution in [3.63, 3.8) is 0 Å². The highest BCUT2D eigenvalue weighted by Crippen LogP contribution is 2.23. The van der Waals surface area contributed by atoms with Crippen LogP contribution in [0.1, 0.15) is 32.1 Å². The first-order chi connectivity index (χ1) is 12.9. The molecule has 2 fully saturated rings. The summed E-state index contributed by atoms with van der Waals surface area (Å²) >= 11 is 0. The Kier molecular flexibility index (Phi) is 6.44. The molecular weight excluding hydrogens is 376 g/mol. The number of benzene rings is 1. The largest absolute Gasteiger partial charge is 0.352 e. The van der Waals surface area contributed by atoms with Gasteiger partial charge in [-0.1, -0.05) is 25.3 Å². The molecule has 0 radical (unpaired) electrons. The Labute approximate surface area is 158 Å². The first kappa shape index (κ1) is 20.2. The van der Waals surface area contributed by atoms with Crippen molar-refractivity contribution in [1.29, 1.82) is 0 Å². The topological polar surface area (TPSA) is 69.7 Å². The third-order valence-electron chi connectivity index (χ3n) is 5.19. The summed E-state index contributed by atoms with van der Waals surface area (Å²) in [7, 11) is -4.24. The second-order valence-electron chi connectivity index (χ2n) is 7.13. The van der Waals surface area contributed by atoms with Gasteiger partial charge >= 0.3 is 0 Å². The molecule has 1 amide bonds. The quantitative estimate of drug-likeness (QED) is 0.816. The highest BCUT2D eigenvalue weighted by atomic mass is 32.2. The summed E-state index contributed by atoms with van der Waals surface area (Å²) in [4.78, 5) is 13.1. The molecule has 1 aliphatic heterocycles. The molecule has 0 atom stereocenters. The van der Waals surface area contributed by atoms with Crippen LogP contribution in [0.15, 0.2) is 23.1 Å². The third kappa shape index (κ3) is 4.83. The summed E-state index contributed by atoms with van der Waals surface area (Å²) in [6.45, 7) is 1.07. The van der Waals surface area contributed by atoms with Gasteiger partial charge in [0.2, 0.25) is 15.9 Å². The number of hydrogen-bond donors (Lipinski definition) is 1. The first-order valence-corrected chi connectivity index (χ1v) is 10.8. The maximum atomic E-state index is 13.9. The van der Waals surface area contributed by atoms with Crippen LogP contribution in [-0.4, -0.2) is 62.3 Å². The maximum Gasteiger partial charge on any atom is 0.249 e. The number of nitrogens with zero attached hydrogens (tertiary/aromatic N) is 2. The van der Waals surface area contributed by atoms with E-state index < -0.39 is 26.6 Å². The second kappa shape index (κ2) is 8.62. The molecule has 2 aliphatic rings. The number of nitrogens with one attached hydrogen (secondary N) is 1. The Balaban J connectivity index is 1.54. The molecule has 1 aromatic carbocycles. The molecule has 9 heteroatoms. The minimum atomic E-state index is -4.24. The number of carbonyl (C=O) groups is 1. The van der Waals surface area contributed by atoms with E-state index in [1.165, 1.54) is 6.42 Å². The molecule has 0 unspecified atom stereocenters. The van der Waals surface area contributed by atoms with Crippen molar-refractivity contribution in [2.75, 3.05) is 32.7 Å². The average molecular weight is 401 g/mol.